The molecule has 19 heteroatoms. The number of aliphatic hydroxyl groups excluding tert-OH is 1. The molecule has 100 heavy (non-hydrogen) atoms. The fraction of sp³-hybridized carbons (Fsp3) is 0.951. The molecule has 0 bridgehead atoms. The number of carbonyl (C=O) groups excluding carboxylic acids is 4. The van der Waals surface area contributed by atoms with Crippen LogP contribution in [0.5, 0.6) is 0 Å². The summed E-state index contributed by atoms with van der Waals surface area (Å²) in [6, 6.07) is 0. The lowest BCUT2D eigenvalue weighted by Crippen LogP contribution is -2.30. The van der Waals surface area contributed by atoms with Gasteiger partial charge in [0, 0.05) is 25.7 Å². The maximum Gasteiger partial charge on any atom is 0.472 e. The third-order valence-electron chi connectivity index (χ3n) is 19.0. The second-order valence-electron chi connectivity index (χ2n) is 29.6. The molecule has 0 radical (unpaired) electrons. The summed E-state index contributed by atoms with van der Waals surface area (Å²) in [5.41, 5.74) is 0. The normalized spacial score (nSPS) is 13.8. The van der Waals surface area contributed by atoms with Crippen LogP contribution in [-0.4, -0.2) is 96.7 Å². The highest BCUT2D eigenvalue weighted by Gasteiger charge is 2.30. The van der Waals surface area contributed by atoms with Gasteiger partial charge in [0.2, 0.25) is 0 Å². The van der Waals surface area contributed by atoms with E-state index < -0.39 is 97.5 Å². The van der Waals surface area contributed by atoms with E-state index in [0.717, 1.165) is 95.8 Å². The average molecular weight is 1470 g/mol. The van der Waals surface area contributed by atoms with Gasteiger partial charge >= 0.3 is 39.5 Å². The molecule has 0 aromatic rings. The molecule has 0 saturated heterocycles. The van der Waals surface area contributed by atoms with Gasteiger partial charge in [0.05, 0.1) is 26.4 Å². The minimum atomic E-state index is -4.96. The summed E-state index contributed by atoms with van der Waals surface area (Å²) in [7, 11) is -9.92. The molecule has 0 amide bonds. The Morgan fingerprint density at radius 3 is 0.680 bits per heavy atom. The first-order valence-corrected chi connectivity index (χ1v) is 45.1. The Hall–Kier alpha value is -1.94. The van der Waals surface area contributed by atoms with Crippen molar-refractivity contribution in [2.75, 3.05) is 39.6 Å². The number of unbranched alkanes of at least 4 members (excludes halogenated alkanes) is 53. The highest BCUT2D eigenvalue weighted by molar-refractivity contribution is 7.47. The van der Waals surface area contributed by atoms with Crippen molar-refractivity contribution in [3.8, 4) is 0 Å². The number of esters is 4. The van der Waals surface area contributed by atoms with Crippen molar-refractivity contribution in [3.05, 3.63) is 0 Å². The van der Waals surface area contributed by atoms with E-state index in [1.807, 2.05) is 0 Å². The summed E-state index contributed by atoms with van der Waals surface area (Å²) < 4.78 is 68.7. The first kappa shape index (κ1) is 98.1. The van der Waals surface area contributed by atoms with Gasteiger partial charge in [0.15, 0.2) is 12.2 Å². The zero-order chi connectivity index (χ0) is 73.4. The largest absolute Gasteiger partial charge is 0.472 e. The van der Waals surface area contributed by atoms with Crippen molar-refractivity contribution in [1.82, 2.24) is 0 Å². The van der Waals surface area contributed by atoms with E-state index >= 15 is 0 Å². The molecule has 594 valence electrons. The van der Waals surface area contributed by atoms with Gasteiger partial charge in [-0.2, -0.15) is 0 Å². The molecule has 0 rings (SSSR count). The topological polar surface area (TPSA) is 237 Å². The number of ether oxygens (including phenoxy) is 4. The maximum atomic E-state index is 13.1. The highest BCUT2D eigenvalue weighted by Crippen LogP contribution is 2.45. The lowest BCUT2D eigenvalue weighted by Gasteiger charge is -2.21. The summed E-state index contributed by atoms with van der Waals surface area (Å²) in [5, 5.41) is 10.6. The first-order valence-electron chi connectivity index (χ1n) is 42.1. The van der Waals surface area contributed by atoms with Crippen molar-refractivity contribution in [2.24, 2.45) is 5.92 Å². The van der Waals surface area contributed by atoms with Crippen LogP contribution in [0.4, 0.5) is 0 Å². The lowest BCUT2D eigenvalue weighted by molar-refractivity contribution is -0.161. The Bertz CT molecular complexity index is 1910. The van der Waals surface area contributed by atoms with E-state index in [9.17, 15) is 43.2 Å². The SMILES string of the molecule is CCCCCCCCCCCCCCCCCCCCCCCCC(=O)O[C@H](COC(=O)CCCCCCCCCCCCCCCC)COP(=O)(O)OC[C@@H](O)COP(=O)(O)OC[C@@H](COC(=O)CCCCCCCCCCCCCC)OC(=O)CCCCCCCCCCCC(C)C. The van der Waals surface area contributed by atoms with Gasteiger partial charge in [-0.25, -0.2) is 9.13 Å². The molecule has 0 saturated carbocycles. The molecule has 0 spiro atoms. The lowest BCUT2D eigenvalue weighted by atomic mass is 10.0. The number of aliphatic hydroxyl groups is 1. The molecule has 0 fully saturated rings. The fourth-order valence-corrected chi connectivity index (χ4v) is 14.2. The monoisotopic (exact) mass is 1470 g/mol. The van der Waals surface area contributed by atoms with Gasteiger partial charge in [-0.1, -0.05) is 381 Å². The van der Waals surface area contributed by atoms with Gasteiger partial charge in [0.25, 0.3) is 0 Å². The fourth-order valence-electron chi connectivity index (χ4n) is 12.6. The predicted molar refractivity (Wildman–Crippen MR) is 409 cm³/mol. The van der Waals surface area contributed by atoms with Crippen molar-refractivity contribution < 1.29 is 80.2 Å². The van der Waals surface area contributed by atoms with Gasteiger partial charge < -0.3 is 33.8 Å². The Labute approximate surface area is 613 Å². The van der Waals surface area contributed by atoms with E-state index in [-0.39, 0.29) is 25.7 Å². The molecular formula is C81H158O17P2. The van der Waals surface area contributed by atoms with E-state index in [1.54, 1.807) is 0 Å². The van der Waals surface area contributed by atoms with Gasteiger partial charge in [-0.15, -0.1) is 0 Å². The van der Waals surface area contributed by atoms with Crippen LogP contribution in [0.3, 0.4) is 0 Å². The van der Waals surface area contributed by atoms with Crippen LogP contribution in [0.1, 0.15) is 433 Å². The summed E-state index contributed by atoms with van der Waals surface area (Å²) in [5.74, 6) is -1.37. The molecule has 0 aromatic heterocycles. The van der Waals surface area contributed by atoms with E-state index in [1.165, 1.54) is 257 Å². The number of carbonyl (C=O) groups is 4. The van der Waals surface area contributed by atoms with Crippen LogP contribution < -0.4 is 0 Å². The van der Waals surface area contributed by atoms with Gasteiger partial charge in [0.1, 0.15) is 19.3 Å². The summed E-state index contributed by atoms with van der Waals surface area (Å²) in [6.07, 6.45) is 65.3. The maximum absolute atomic E-state index is 13.1. The van der Waals surface area contributed by atoms with Crippen LogP contribution in [0.15, 0.2) is 0 Å². The second-order valence-corrected chi connectivity index (χ2v) is 32.5. The van der Waals surface area contributed by atoms with E-state index in [0.29, 0.717) is 25.7 Å². The minimum Gasteiger partial charge on any atom is -0.462 e. The zero-order valence-electron chi connectivity index (χ0n) is 65.3. The van der Waals surface area contributed by atoms with Crippen molar-refractivity contribution >= 4 is 39.5 Å². The van der Waals surface area contributed by atoms with Gasteiger partial charge in [-0.05, 0) is 31.6 Å². The molecule has 0 aliphatic heterocycles. The van der Waals surface area contributed by atoms with Gasteiger partial charge in [-0.3, -0.25) is 37.3 Å². The van der Waals surface area contributed by atoms with Crippen LogP contribution in [0.25, 0.3) is 0 Å². The first-order chi connectivity index (χ1) is 48.5. The number of rotatable bonds is 81. The zero-order valence-corrected chi connectivity index (χ0v) is 67.1. The second kappa shape index (κ2) is 73.9. The Kier molecular flexibility index (Phi) is 72.5. The van der Waals surface area contributed by atoms with Crippen molar-refractivity contribution in [2.45, 2.75) is 451 Å². The van der Waals surface area contributed by atoms with Crippen molar-refractivity contribution in [3.63, 3.8) is 0 Å². The molecule has 2 unspecified atom stereocenters. The molecule has 0 aliphatic rings. The molecule has 5 atom stereocenters. The van der Waals surface area contributed by atoms with E-state index in [2.05, 4.69) is 34.6 Å². The third kappa shape index (κ3) is 74.3. The standard InChI is InChI=1S/C81H158O17P2/c1-6-9-12-15-18-21-24-27-29-30-31-32-33-34-35-36-38-41-46-51-56-61-66-80(85)97-76(70-92-79(84)65-60-55-50-45-40-37-28-25-22-19-16-13-10-7-2)72-95-99(87,88)93-68-75(82)69-94-100(89,90)96-73-77(98-81(86)67-62-57-52-47-42-43-48-53-58-63-74(4)5)71-91-78(83)64-59-54-49-44-39-26-23-20-17-14-11-8-3/h74-77,82H,6-73H2,1-5H3,(H,87,88)(H,89,90)/t75-,76-,77-/m1/s1. The summed E-state index contributed by atoms with van der Waals surface area (Å²) >= 11 is 0. The van der Waals surface area contributed by atoms with Crippen LogP contribution in [-0.2, 0) is 65.4 Å². The van der Waals surface area contributed by atoms with E-state index in [4.69, 9.17) is 37.0 Å². The smallest absolute Gasteiger partial charge is 0.462 e. The quantitative estimate of drug-likeness (QED) is 0.0222. The van der Waals surface area contributed by atoms with Crippen LogP contribution >= 0.6 is 15.6 Å². The molecule has 3 N–H and O–H groups in total. The predicted octanol–water partition coefficient (Wildman–Crippen LogP) is 24.4. The molecular weight excluding hydrogens is 1310 g/mol. The molecule has 0 aliphatic carbocycles. The number of hydrogen-bond donors (Lipinski definition) is 3. The number of phosphoric ester groups is 2. The highest BCUT2D eigenvalue weighted by atomic mass is 31.2. The Balaban J connectivity index is 5.20. The molecule has 0 heterocycles. The average Bonchev–Trinajstić information content (AvgIpc) is 0.939. The Morgan fingerprint density at radius 1 is 0.270 bits per heavy atom. The van der Waals surface area contributed by atoms with Crippen LogP contribution in [0.2, 0.25) is 0 Å². The molecule has 0 aromatic carbocycles. The third-order valence-corrected chi connectivity index (χ3v) is 20.9. The van der Waals surface area contributed by atoms with Crippen LogP contribution in [0, 0.1) is 5.92 Å². The summed E-state index contributed by atoms with van der Waals surface area (Å²) in [4.78, 5) is 73.0. The number of hydrogen-bond acceptors (Lipinski definition) is 15. The minimum absolute atomic E-state index is 0.106. The summed E-state index contributed by atoms with van der Waals surface area (Å²) in [6.45, 7) is 7.30. The van der Waals surface area contributed by atoms with Crippen molar-refractivity contribution in [1.29, 1.82) is 0 Å². The molecule has 17 nitrogen and oxygen atoms in total. The Morgan fingerprint density at radius 2 is 0.460 bits per heavy atom. The number of phosphoric acid groups is 2.